The Morgan fingerprint density at radius 1 is 0.810 bits per heavy atom. The van der Waals surface area contributed by atoms with E-state index in [2.05, 4.69) is 4.74 Å². The minimum absolute atomic E-state index is 0.237. The second kappa shape index (κ2) is 7.08. The fourth-order valence-corrected chi connectivity index (χ4v) is 1.30. The highest BCUT2D eigenvalue weighted by atomic mass is 19.4. The Labute approximate surface area is 116 Å². The molecular weight excluding hydrogens is 316 g/mol. The smallest absolute Gasteiger partial charge is 0.380 e. The first-order valence-corrected chi connectivity index (χ1v) is 6.07. The second-order valence-corrected chi connectivity index (χ2v) is 4.48. The highest BCUT2D eigenvalue weighted by molar-refractivity contribution is 5.03. The van der Waals surface area contributed by atoms with Gasteiger partial charge in [-0.1, -0.05) is 19.8 Å². The van der Waals surface area contributed by atoms with Crippen LogP contribution in [0.3, 0.4) is 0 Å². The molecule has 0 aliphatic heterocycles. The van der Waals surface area contributed by atoms with Crippen LogP contribution in [-0.2, 0) is 4.74 Å². The van der Waals surface area contributed by atoms with E-state index in [0.717, 1.165) is 0 Å². The summed E-state index contributed by atoms with van der Waals surface area (Å²) in [6.07, 6.45) is 1.46. The third-order valence-electron chi connectivity index (χ3n) is 2.69. The summed E-state index contributed by atoms with van der Waals surface area (Å²) in [7, 11) is 0. The molecule has 21 heavy (non-hydrogen) atoms. The molecule has 0 aromatic carbocycles. The third-order valence-corrected chi connectivity index (χ3v) is 2.69. The molecule has 0 saturated heterocycles. The summed E-state index contributed by atoms with van der Waals surface area (Å²) in [5.74, 6) is -24.0. The molecule has 0 unspecified atom stereocenters. The second-order valence-electron chi connectivity index (χ2n) is 4.48. The molecular formula is C11H16F8O2. The molecule has 2 nitrogen and oxygen atoms in total. The average Bonchev–Trinajstić information content (AvgIpc) is 2.37. The Morgan fingerprint density at radius 3 is 1.71 bits per heavy atom. The summed E-state index contributed by atoms with van der Waals surface area (Å²) in [6.45, 7) is -3.44. The van der Waals surface area contributed by atoms with Crippen LogP contribution in [0.25, 0.3) is 0 Å². The predicted octanol–water partition coefficient (Wildman–Crippen LogP) is 3.73. The zero-order chi connectivity index (χ0) is 16.9. The Bertz CT molecular complexity index is 319. The maximum absolute atomic E-state index is 13.1. The topological polar surface area (TPSA) is 29.5 Å². The minimum atomic E-state index is -6.43. The fraction of sp³-hybridized carbons (Fsp3) is 1.00. The van der Waals surface area contributed by atoms with Crippen molar-refractivity contribution in [2.24, 2.45) is 0 Å². The Kier molecular flexibility index (Phi) is 6.86. The lowest BCUT2D eigenvalue weighted by Gasteiger charge is -2.35. The van der Waals surface area contributed by atoms with Gasteiger partial charge in [0.15, 0.2) is 0 Å². The van der Waals surface area contributed by atoms with Crippen molar-refractivity contribution >= 4 is 0 Å². The number of halogens is 8. The molecule has 0 amide bonds. The van der Waals surface area contributed by atoms with Crippen molar-refractivity contribution in [3.8, 4) is 0 Å². The maximum atomic E-state index is 13.1. The van der Waals surface area contributed by atoms with Crippen molar-refractivity contribution in [1.29, 1.82) is 0 Å². The maximum Gasteiger partial charge on any atom is 0.380 e. The molecule has 128 valence electrons. The first kappa shape index (κ1) is 20.4. The lowest BCUT2D eigenvalue weighted by atomic mass is 9.99. The summed E-state index contributed by atoms with van der Waals surface area (Å²) in [5, 5.41) is 7.99. The van der Waals surface area contributed by atoms with Crippen LogP contribution in [0, 0.1) is 0 Å². The number of rotatable bonds is 10. The first-order chi connectivity index (χ1) is 9.37. The Hall–Kier alpha value is -0.640. The van der Waals surface area contributed by atoms with Gasteiger partial charge in [0.05, 0.1) is 0 Å². The van der Waals surface area contributed by atoms with Crippen LogP contribution in [0.5, 0.6) is 0 Å². The molecule has 0 aliphatic carbocycles. The minimum Gasteiger partial charge on any atom is -0.390 e. The quantitative estimate of drug-likeness (QED) is 0.488. The number of unbranched alkanes of at least 4 members (excludes halogenated alkanes) is 2. The molecule has 0 aromatic rings. The molecule has 0 saturated carbocycles. The van der Waals surface area contributed by atoms with Gasteiger partial charge in [-0.2, -0.15) is 35.1 Å². The molecule has 0 rings (SSSR count). The normalized spacial score (nSPS) is 14.6. The summed E-state index contributed by atoms with van der Waals surface area (Å²) in [6, 6.07) is 0. The Morgan fingerprint density at radius 2 is 1.29 bits per heavy atom. The van der Waals surface area contributed by atoms with E-state index in [0.29, 0.717) is 12.8 Å². The summed E-state index contributed by atoms with van der Waals surface area (Å²) < 4.78 is 107. The van der Waals surface area contributed by atoms with Gasteiger partial charge in [0.25, 0.3) is 0 Å². The number of ether oxygens (including phenoxy) is 1. The summed E-state index contributed by atoms with van der Waals surface area (Å²) >= 11 is 0. The van der Waals surface area contributed by atoms with Gasteiger partial charge in [-0.05, 0) is 6.42 Å². The molecule has 0 fully saturated rings. The van der Waals surface area contributed by atoms with Crippen LogP contribution in [0.2, 0.25) is 0 Å². The van der Waals surface area contributed by atoms with Crippen molar-refractivity contribution in [1.82, 2.24) is 0 Å². The third kappa shape index (κ3) is 4.18. The first-order valence-electron chi connectivity index (χ1n) is 6.07. The molecule has 1 N–H and O–H groups in total. The van der Waals surface area contributed by atoms with Gasteiger partial charge in [0, 0.05) is 6.61 Å². The van der Waals surface area contributed by atoms with E-state index in [1.165, 1.54) is 0 Å². The standard InChI is InChI=1S/C11H16F8O2/c1-2-3-4-5-21-7-9(14,15)11(18,19)10(16,17)8(12,13)6-20/h20H,2-7H2,1H3. The van der Waals surface area contributed by atoms with Gasteiger partial charge in [0.1, 0.15) is 13.2 Å². The van der Waals surface area contributed by atoms with Gasteiger partial charge >= 0.3 is 23.7 Å². The molecule has 0 radical (unpaired) electrons. The van der Waals surface area contributed by atoms with Crippen molar-refractivity contribution in [2.45, 2.75) is 49.9 Å². The average molecular weight is 332 g/mol. The molecule has 0 bridgehead atoms. The van der Waals surface area contributed by atoms with E-state index < -0.39 is 36.9 Å². The van der Waals surface area contributed by atoms with Crippen molar-refractivity contribution < 1.29 is 45.0 Å². The van der Waals surface area contributed by atoms with Gasteiger partial charge in [-0.3, -0.25) is 0 Å². The van der Waals surface area contributed by atoms with Crippen molar-refractivity contribution in [3.63, 3.8) is 0 Å². The zero-order valence-electron chi connectivity index (χ0n) is 11.1. The van der Waals surface area contributed by atoms with E-state index in [1.54, 1.807) is 6.92 Å². The van der Waals surface area contributed by atoms with E-state index in [9.17, 15) is 35.1 Å². The number of hydrogen-bond donors (Lipinski definition) is 1. The van der Waals surface area contributed by atoms with Gasteiger partial charge in [-0.25, -0.2) is 0 Å². The predicted molar refractivity (Wildman–Crippen MR) is 57.2 cm³/mol. The van der Waals surface area contributed by atoms with Crippen molar-refractivity contribution in [2.75, 3.05) is 19.8 Å². The van der Waals surface area contributed by atoms with E-state index in [1.807, 2.05) is 0 Å². The van der Waals surface area contributed by atoms with Crippen LogP contribution >= 0.6 is 0 Å². The Balaban J connectivity index is 4.93. The number of aliphatic hydroxyl groups excluding tert-OH is 1. The van der Waals surface area contributed by atoms with Crippen molar-refractivity contribution in [3.05, 3.63) is 0 Å². The number of alkyl halides is 8. The van der Waals surface area contributed by atoms with E-state index in [-0.39, 0.29) is 13.0 Å². The summed E-state index contributed by atoms with van der Waals surface area (Å²) in [5.41, 5.74) is 0. The molecule has 0 atom stereocenters. The van der Waals surface area contributed by atoms with Gasteiger partial charge in [0.2, 0.25) is 0 Å². The molecule has 0 spiro atoms. The lowest BCUT2D eigenvalue weighted by molar-refractivity contribution is -0.375. The van der Waals surface area contributed by atoms with Gasteiger partial charge in [-0.15, -0.1) is 0 Å². The molecule has 10 heteroatoms. The largest absolute Gasteiger partial charge is 0.390 e. The highest BCUT2D eigenvalue weighted by Gasteiger charge is 2.80. The van der Waals surface area contributed by atoms with Crippen LogP contribution in [0.15, 0.2) is 0 Å². The van der Waals surface area contributed by atoms with E-state index >= 15 is 0 Å². The zero-order valence-corrected chi connectivity index (χ0v) is 11.1. The molecule has 0 aliphatic rings. The monoisotopic (exact) mass is 332 g/mol. The SMILES string of the molecule is CCCCCOCC(F)(F)C(F)(F)C(F)(F)C(F)(F)CO. The molecule has 0 heterocycles. The van der Waals surface area contributed by atoms with Gasteiger partial charge < -0.3 is 9.84 Å². The van der Waals surface area contributed by atoms with E-state index in [4.69, 9.17) is 5.11 Å². The van der Waals surface area contributed by atoms with Crippen LogP contribution < -0.4 is 0 Å². The molecule has 0 aromatic heterocycles. The highest BCUT2D eigenvalue weighted by Crippen LogP contribution is 2.52. The van der Waals surface area contributed by atoms with Crippen LogP contribution in [0.1, 0.15) is 26.2 Å². The lowest BCUT2D eigenvalue weighted by Crippen LogP contribution is -2.64. The number of aliphatic hydroxyl groups is 1. The fourth-order valence-electron chi connectivity index (χ4n) is 1.30. The number of hydrogen-bond acceptors (Lipinski definition) is 2. The van der Waals surface area contributed by atoms with Crippen LogP contribution in [0.4, 0.5) is 35.1 Å². The summed E-state index contributed by atoms with van der Waals surface area (Å²) in [4.78, 5) is 0. The van der Waals surface area contributed by atoms with Crippen LogP contribution in [-0.4, -0.2) is 48.6 Å².